The number of piperazine rings is 1. The summed E-state index contributed by atoms with van der Waals surface area (Å²) >= 11 is 0. The molecule has 4 heterocycles. The van der Waals surface area contributed by atoms with Crippen LogP contribution in [0.4, 0.5) is 11.8 Å². The van der Waals surface area contributed by atoms with Crippen molar-refractivity contribution in [3.63, 3.8) is 0 Å². The molecule has 0 saturated carbocycles. The zero-order valence-corrected chi connectivity index (χ0v) is 21.5. The number of carbonyl (C=O) groups is 1. The molecule has 2 aromatic heterocycles. The first-order valence-corrected chi connectivity index (χ1v) is 13.4. The number of benzene rings is 2. The fraction of sp³-hybridized carbons (Fsp3) is 0.367. The molecule has 0 N–H and O–H groups in total. The topological polar surface area (TPSA) is 57.5 Å². The van der Waals surface area contributed by atoms with E-state index in [0.717, 1.165) is 81.5 Å². The third kappa shape index (κ3) is 4.78. The molecule has 1 amide bonds. The van der Waals surface area contributed by atoms with Crippen LogP contribution in [0.5, 0.6) is 0 Å². The Morgan fingerprint density at radius 2 is 1.57 bits per heavy atom. The molecule has 2 aliphatic heterocycles. The second-order valence-electron chi connectivity index (χ2n) is 10.2. The minimum atomic E-state index is 0.0897. The van der Waals surface area contributed by atoms with E-state index >= 15 is 0 Å². The van der Waals surface area contributed by atoms with Gasteiger partial charge in [-0.15, -0.1) is 0 Å². The first-order chi connectivity index (χ1) is 18.2. The smallest absolute Gasteiger partial charge is 0.225 e. The highest BCUT2D eigenvalue weighted by molar-refractivity contribution is 5.80. The van der Waals surface area contributed by atoms with Crippen molar-refractivity contribution in [3.8, 4) is 0 Å². The van der Waals surface area contributed by atoms with Gasteiger partial charge in [0, 0.05) is 51.4 Å². The summed E-state index contributed by atoms with van der Waals surface area (Å²) in [6.45, 7) is 7.87. The first-order valence-electron chi connectivity index (χ1n) is 13.4. The van der Waals surface area contributed by atoms with Crippen molar-refractivity contribution in [2.24, 2.45) is 5.92 Å². The molecule has 2 aromatic carbocycles. The highest BCUT2D eigenvalue weighted by Gasteiger charge is 2.32. The van der Waals surface area contributed by atoms with Crippen LogP contribution < -0.4 is 9.80 Å². The number of hydrogen-bond acceptors (Lipinski definition) is 5. The number of carbonyl (C=O) groups excluding carboxylic acids is 1. The van der Waals surface area contributed by atoms with Crippen LogP contribution in [0.25, 0.3) is 11.0 Å². The van der Waals surface area contributed by atoms with Crippen LogP contribution >= 0.6 is 0 Å². The van der Waals surface area contributed by atoms with Crippen molar-refractivity contribution < 1.29 is 4.79 Å². The largest absolute Gasteiger partial charge is 0.353 e. The number of para-hydroxylation sites is 2. The maximum atomic E-state index is 13.4. The van der Waals surface area contributed by atoms with Gasteiger partial charge >= 0.3 is 0 Å². The number of nitrogens with zero attached hydrogens (tertiary/aromatic N) is 6. The molecular formula is C30H34N6O. The van der Waals surface area contributed by atoms with Crippen LogP contribution in [-0.4, -0.2) is 64.6 Å². The van der Waals surface area contributed by atoms with Crippen LogP contribution in [0.15, 0.2) is 72.9 Å². The Bertz CT molecular complexity index is 1370. The summed E-state index contributed by atoms with van der Waals surface area (Å²) < 4.78 is 2.34. The van der Waals surface area contributed by atoms with Crippen LogP contribution in [0.1, 0.15) is 24.0 Å². The fourth-order valence-electron chi connectivity index (χ4n) is 5.70. The van der Waals surface area contributed by atoms with Crippen molar-refractivity contribution in [1.29, 1.82) is 0 Å². The number of piperidine rings is 1. The molecule has 4 aromatic rings. The molecule has 7 nitrogen and oxygen atoms in total. The number of aryl methyl sites for hydroxylation is 1. The Morgan fingerprint density at radius 1 is 0.838 bits per heavy atom. The van der Waals surface area contributed by atoms with Crippen LogP contribution in [0, 0.1) is 12.8 Å². The van der Waals surface area contributed by atoms with Crippen molar-refractivity contribution in [2.45, 2.75) is 26.3 Å². The minimum Gasteiger partial charge on any atom is -0.353 e. The second-order valence-corrected chi connectivity index (χ2v) is 10.2. The number of imidazole rings is 1. The second kappa shape index (κ2) is 10.2. The molecule has 2 saturated heterocycles. The van der Waals surface area contributed by atoms with E-state index in [1.54, 1.807) is 0 Å². The third-order valence-corrected chi connectivity index (χ3v) is 7.92. The molecule has 37 heavy (non-hydrogen) atoms. The van der Waals surface area contributed by atoms with Gasteiger partial charge in [0.2, 0.25) is 11.9 Å². The molecule has 0 aliphatic carbocycles. The highest BCUT2D eigenvalue weighted by Crippen LogP contribution is 2.29. The van der Waals surface area contributed by atoms with E-state index < -0.39 is 0 Å². The maximum Gasteiger partial charge on any atom is 0.225 e. The van der Waals surface area contributed by atoms with Gasteiger partial charge in [0.05, 0.1) is 17.6 Å². The SMILES string of the molecule is Cc1ccccc1Cn1c(N2CCC(C(=O)N3CCN(c4ccccn4)CC3)CC2)nc2ccccc21. The summed E-state index contributed by atoms with van der Waals surface area (Å²) in [4.78, 5) is 29.6. The minimum absolute atomic E-state index is 0.0897. The van der Waals surface area contributed by atoms with E-state index in [1.165, 1.54) is 11.1 Å². The van der Waals surface area contributed by atoms with Gasteiger partial charge in [0.25, 0.3) is 0 Å². The van der Waals surface area contributed by atoms with Crippen LogP contribution in [-0.2, 0) is 11.3 Å². The number of hydrogen-bond donors (Lipinski definition) is 0. The van der Waals surface area contributed by atoms with Gasteiger partial charge in [-0.25, -0.2) is 9.97 Å². The van der Waals surface area contributed by atoms with Crippen molar-refractivity contribution >= 4 is 28.7 Å². The lowest BCUT2D eigenvalue weighted by Gasteiger charge is -2.39. The highest BCUT2D eigenvalue weighted by atomic mass is 16.2. The third-order valence-electron chi connectivity index (χ3n) is 7.92. The number of amides is 1. The van der Waals surface area contributed by atoms with E-state index in [0.29, 0.717) is 5.91 Å². The average Bonchev–Trinajstić information content (AvgIpc) is 3.33. The van der Waals surface area contributed by atoms with Crippen molar-refractivity contribution in [2.75, 3.05) is 49.1 Å². The summed E-state index contributed by atoms with van der Waals surface area (Å²) in [6, 6.07) is 22.9. The lowest BCUT2D eigenvalue weighted by molar-refractivity contribution is -0.136. The molecule has 0 unspecified atom stereocenters. The van der Waals surface area contributed by atoms with Gasteiger partial charge in [0.1, 0.15) is 5.82 Å². The number of aromatic nitrogens is 3. The quantitative estimate of drug-likeness (QED) is 0.413. The van der Waals surface area contributed by atoms with E-state index in [1.807, 2.05) is 24.4 Å². The molecule has 0 spiro atoms. The Hall–Kier alpha value is -3.87. The molecule has 0 atom stereocenters. The van der Waals surface area contributed by atoms with E-state index in [9.17, 15) is 4.79 Å². The number of pyridine rings is 1. The number of fused-ring (bicyclic) bond motifs is 1. The molecule has 190 valence electrons. The first kappa shape index (κ1) is 23.5. The van der Waals surface area contributed by atoms with Crippen LogP contribution in [0.3, 0.4) is 0 Å². The van der Waals surface area contributed by atoms with E-state index in [4.69, 9.17) is 4.98 Å². The molecule has 6 rings (SSSR count). The van der Waals surface area contributed by atoms with Gasteiger partial charge in [-0.3, -0.25) is 4.79 Å². The van der Waals surface area contributed by atoms with Gasteiger partial charge in [-0.2, -0.15) is 0 Å². The predicted molar refractivity (Wildman–Crippen MR) is 148 cm³/mol. The zero-order valence-electron chi connectivity index (χ0n) is 21.5. The summed E-state index contributed by atoms with van der Waals surface area (Å²) in [5.41, 5.74) is 4.78. The predicted octanol–water partition coefficient (Wildman–Crippen LogP) is 4.35. The fourth-order valence-corrected chi connectivity index (χ4v) is 5.70. The molecule has 0 bridgehead atoms. The Kier molecular flexibility index (Phi) is 6.51. The normalized spacial score (nSPS) is 16.9. The van der Waals surface area contributed by atoms with E-state index in [-0.39, 0.29) is 5.92 Å². The van der Waals surface area contributed by atoms with Crippen molar-refractivity contribution in [3.05, 3.63) is 84.1 Å². The lowest BCUT2D eigenvalue weighted by Crippen LogP contribution is -2.52. The van der Waals surface area contributed by atoms with Gasteiger partial charge in [-0.1, -0.05) is 42.5 Å². The standard InChI is InChI=1S/C30H34N6O/c1-23-8-2-3-9-25(23)22-36-27-11-5-4-10-26(27)32-30(36)35-16-13-24(14-17-35)29(37)34-20-18-33(19-21-34)28-12-6-7-15-31-28/h2-12,15,24H,13-14,16-22H2,1H3. The number of rotatable bonds is 5. The van der Waals surface area contributed by atoms with Crippen LogP contribution in [0.2, 0.25) is 0 Å². The zero-order chi connectivity index (χ0) is 25.2. The molecule has 0 radical (unpaired) electrons. The maximum absolute atomic E-state index is 13.4. The molecule has 7 heteroatoms. The van der Waals surface area contributed by atoms with Gasteiger partial charge < -0.3 is 19.3 Å². The summed E-state index contributed by atoms with van der Waals surface area (Å²) in [7, 11) is 0. The van der Waals surface area contributed by atoms with Gasteiger partial charge in [0.15, 0.2) is 0 Å². The number of anilines is 2. The molecule has 2 fully saturated rings. The van der Waals surface area contributed by atoms with Crippen molar-refractivity contribution in [1.82, 2.24) is 19.4 Å². The Balaban J connectivity index is 1.13. The Labute approximate surface area is 218 Å². The summed E-state index contributed by atoms with van der Waals surface area (Å²) in [6.07, 6.45) is 3.57. The lowest BCUT2D eigenvalue weighted by atomic mass is 9.95. The molecule has 2 aliphatic rings. The summed E-state index contributed by atoms with van der Waals surface area (Å²) in [5.74, 6) is 2.41. The molecular weight excluding hydrogens is 460 g/mol. The summed E-state index contributed by atoms with van der Waals surface area (Å²) in [5, 5.41) is 0. The Morgan fingerprint density at radius 3 is 2.32 bits per heavy atom. The monoisotopic (exact) mass is 494 g/mol. The van der Waals surface area contributed by atoms with E-state index in [2.05, 4.69) is 79.7 Å². The van der Waals surface area contributed by atoms with Gasteiger partial charge in [-0.05, 0) is 55.2 Å². The average molecular weight is 495 g/mol.